The van der Waals surface area contributed by atoms with Gasteiger partial charge >= 0.3 is 0 Å². The van der Waals surface area contributed by atoms with E-state index >= 15 is 0 Å². The molecule has 0 spiro atoms. The average Bonchev–Trinajstić information content (AvgIpc) is 2.77. The summed E-state index contributed by atoms with van der Waals surface area (Å²) in [6.07, 6.45) is 4.89. The van der Waals surface area contributed by atoms with Gasteiger partial charge in [0.1, 0.15) is 29.0 Å². The first-order chi connectivity index (χ1) is 15.9. The van der Waals surface area contributed by atoms with Gasteiger partial charge in [0.05, 0.1) is 5.70 Å². The quantitative estimate of drug-likeness (QED) is 0.401. The average molecular weight is 464 g/mol. The Morgan fingerprint density at radius 3 is 1.59 bits per heavy atom. The topological polar surface area (TPSA) is 55.8 Å². The highest BCUT2D eigenvalue weighted by Gasteiger charge is 2.36. The van der Waals surface area contributed by atoms with Crippen molar-refractivity contribution in [2.45, 2.75) is 65.6 Å². The van der Waals surface area contributed by atoms with Crippen LogP contribution in [0.15, 0.2) is 54.2 Å². The van der Waals surface area contributed by atoms with E-state index in [1.807, 2.05) is 71.9 Å². The monoisotopic (exact) mass is 463 g/mol. The molecule has 3 saturated heterocycles. The third-order valence-corrected chi connectivity index (χ3v) is 5.51. The summed E-state index contributed by atoms with van der Waals surface area (Å²) >= 11 is 0. The number of fused-ring (bicyclic) bond motifs is 3. The molecule has 3 aliphatic rings. The normalized spacial score (nSPS) is 17.3. The number of carbonyl (C=O) groups excluding carboxylic acids is 2. The second-order valence-corrected chi connectivity index (χ2v) is 10.8. The molecule has 182 valence electrons. The van der Waals surface area contributed by atoms with Crippen LogP contribution in [0.3, 0.4) is 0 Å². The molecule has 0 radical (unpaired) electrons. The van der Waals surface area contributed by atoms with E-state index in [1.54, 1.807) is 24.3 Å². The molecule has 5 heteroatoms. The van der Waals surface area contributed by atoms with Crippen LogP contribution < -0.4 is 9.47 Å². The molecule has 0 unspecified atom stereocenters. The summed E-state index contributed by atoms with van der Waals surface area (Å²) in [6, 6.07) is 15.1. The first kappa shape index (κ1) is 25.5. The van der Waals surface area contributed by atoms with Crippen molar-refractivity contribution in [2.24, 2.45) is 5.92 Å². The molecule has 2 bridgehead atoms. The van der Waals surface area contributed by atoms with Gasteiger partial charge in [-0.25, -0.2) is 0 Å². The summed E-state index contributed by atoms with van der Waals surface area (Å²) in [4.78, 5) is 24.9. The maximum Gasteiger partial charge on any atom is 0.182 e. The number of hydrogen-bond donors (Lipinski definition) is 0. The SMILES string of the molecule is CC(C)(C)Oc1ccc(C=C2C(=O)C3CCN2CC3)cc1.CC(C)(C)Oc1ccc(C=O)cc1. The Kier molecular flexibility index (Phi) is 7.86. The maximum atomic E-state index is 12.3. The molecule has 0 aromatic heterocycles. The zero-order chi connectivity index (χ0) is 24.9. The zero-order valence-corrected chi connectivity index (χ0v) is 21.3. The summed E-state index contributed by atoms with van der Waals surface area (Å²) in [6.45, 7) is 14.1. The largest absolute Gasteiger partial charge is 0.488 e. The molecule has 3 heterocycles. The number of Topliss-reactive ketones (excluding diaryl/α,β-unsaturated/α-hetero) is 1. The molecular formula is C29H37NO4. The van der Waals surface area contributed by atoms with E-state index in [0.29, 0.717) is 11.3 Å². The van der Waals surface area contributed by atoms with Gasteiger partial charge in [0.15, 0.2) is 5.78 Å². The number of ketones is 1. The smallest absolute Gasteiger partial charge is 0.182 e. The fraction of sp³-hybridized carbons (Fsp3) is 0.448. The highest BCUT2D eigenvalue weighted by molar-refractivity contribution is 6.01. The van der Waals surface area contributed by atoms with E-state index in [-0.39, 0.29) is 17.1 Å². The maximum absolute atomic E-state index is 12.3. The molecule has 5 nitrogen and oxygen atoms in total. The van der Waals surface area contributed by atoms with E-state index in [4.69, 9.17) is 9.47 Å². The third kappa shape index (κ3) is 7.47. The van der Waals surface area contributed by atoms with E-state index in [9.17, 15) is 9.59 Å². The number of aldehydes is 1. The summed E-state index contributed by atoms with van der Waals surface area (Å²) < 4.78 is 11.4. The lowest BCUT2D eigenvalue weighted by atomic mass is 9.84. The van der Waals surface area contributed by atoms with Gasteiger partial charge in [0.25, 0.3) is 0 Å². The van der Waals surface area contributed by atoms with Crippen molar-refractivity contribution in [3.63, 3.8) is 0 Å². The molecule has 3 aliphatic heterocycles. The number of allylic oxidation sites excluding steroid dienone is 1. The van der Waals surface area contributed by atoms with Crippen LogP contribution in [0.1, 0.15) is 70.3 Å². The van der Waals surface area contributed by atoms with Crippen LogP contribution in [0, 0.1) is 5.92 Å². The lowest BCUT2D eigenvalue weighted by molar-refractivity contribution is -0.125. The number of carbonyl (C=O) groups is 2. The van der Waals surface area contributed by atoms with Crippen LogP contribution in [-0.4, -0.2) is 41.3 Å². The Balaban J connectivity index is 0.000000215. The number of piperidine rings is 3. The van der Waals surface area contributed by atoms with Gasteiger partial charge in [0, 0.05) is 24.6 Å². The van der Waals surface area contributed by atoms with Crippen molar-refractivity contribution < 1.29 is 19.1 Å². The molecule has 3 fully saturated rings. The van der Waals surface area contributed by atoms with Crippen LogP contribution in [-0.2, 0) is 4.79 Å². The Labute approximate surface area is 203 Å². The number of ether oxygens (including phenoxy) is 2. The fourth-order valence-corrected chi connectivity index (χ4v) is 4.02. The van der Waals surface area contributed by atoms with Crippen LogP contribution in [0.5, 0.6) is 11.5 Å². The number of benzene rings is 2. The first-order valence-electron chi connectivity index (χ1n) is 12.0. The molecule has 2 aromatic rings. The second kappa shape index (κ2) is 10.5. The standard InChI is InChI=1S/C18H23NO2.C11H14O2/c1-18(2,3)21-15-6-4-13(5-7-15)12-16-17(20)14-8-10-19(16)11-9-14;1-11(2,3)13-10-6-4-9(8-12)5-7-10/h4-7,12,14H,8-11H2,1-3H3;4-8H,1-3H3. The molecule has 5 rings (SSSR count). The van der Waals surface area contributed by atoms with Crippen LogP contribution >= 0.6 is 0 Å². The van der Waals surface area contributed by atoms with Crippen LogP contribution in [0.25, 0.3) is 6.08 Å². The lowest BCUT2D eigenvalue weighted by Crippen LogP contribution is -2.45. The van der Waals surface area contributed by atoms with E-state index in [0.717, 1.165) is 55.0 Å². The lowest BCUT2D eigenvalue weighted by Gasteiger charge is -2.41. The van der Waals surface area contributed by atoms with Crippen molar-refractivity contribution >= 4 is 18.1 Å². The van der Waals surface area contributed by atoms with Gasteiger partial charge < -0.3 is 14.4 Å². The number of rotatable bonds is 4. The summed E-state index contributed by atoms with van der Waals surface area (Å²) in [5.74, 6) is 2.23. The Morgan fingerprint density at radius 1 is 0.765 bits per heavy atom. The predicted molar refractivity (Wildman–Crippen MR) is 136 cm³/mol. The summed E-state index contributed by atoms with van der Waals surface area (Å²) in [5.41, 5.74) is 2.24. The highest BCUT2D eigenvalue weighted by Crippen LogP contribution is 2.32. The molecule has 34 heavy (non-hydrogen) atoms. The van der Waals surface area contributed by atoms with Gasteiger partial charge in [-0.2, -0.15) is 0 Å². The summed E-state index contributed by atoms with van der Waals surface area (Å²) in [7, 11) is 0. The van der Waals surface area contributed by atoms with Crippen molar-refractivity contribution in [1.82, 2.24) is 4.90 Å². The van der Waals surface area contributed by atoms with Crippen LogP contribution in [0.4, 0.5) is 0 Å². The molecule has 0 aliphatic carbocycles. The Morgan fingerprint density at radius 2 is 1.21 bits per heavy atom. The molecule has 0 saturated carbocycles. The Bertz CT molecular complexity index is 1000. The van der Waals surface area contributed by atoms with Crippen molar-refractivity contribution in [3.05, 3.63) is 65.4 Å². The molecule has 0 atom stereocenters. The minimum Gasteiger partial charge on any atom is -0.488 e. The Hall–Kier alpha value is -3.08. The predicted octanol–water partition coefficient (Wildman–Crippen LogP) is 6.18. The van der Waals surface area contributed by atoms with Crippen molar-refractivity contribution in [3.8, 4) is 11.5 Å². The number of hydrogen-bond acceptors (Lipinski definition) is 5. The van der Waals surface area contributed by atoms with Crippen molar-refractivity contribution in [1.29, 1.82) is 0 Å². The minimum absolute atomic E-state index is 0.190. The molecule has 0 N–H and O–H groups in total. The van der Waals surface area contributed by atoms with Gasteiger partial charge in [0.2, 0.25) is 0 Å². The first-order valence-corrected chi connectivity index (χ1v) is 12.0. The van der Waals surface area contributed by atoms with Gasteiger partial charge in [-0.05, 0) is 102 Å². The van der Waals surface area contributed by atoms with Gasteiger partial charge in [-0.15, -0.1) is 0 Å². The summed E-state index contributed by atoms with van der Waals surface area (Å²) in [5, 5.41) is 0. The molecular weight excluding hydrogens is 426 g/mol. The third-order valence-electron chi connectivity index (χ3n) is 5.51. The van der Waals surface area contributed by atoms with Crippen molar-refractivity contribution in [2.75, 3.05) is 13.1 Å². The zero-order valence-electron chi connectivity index (χ0n) is 21.3. The second-order valence-electron chi connectivity index (χ2n) is 10.8. The van der Waals surface area contributed by atoms with E-state index in [2.05, 4.69) is 4.90 Å². The van der Waals surface area contributed by atoms with Crippen LogP contribution in [0.2, 0.25) is 0 Å². The number of nitrogens with zero attached hydrogens (tertiary/aromatic N) is 1. The van der Waals surface area contributed by atoms with E-state index < -0.39 is 0 Å². The highest BCUT2D eigenvalue weighted by atomic mass is 16.5. The minimum atomic E-state index is -0.192. The van der Waals surface area contributed by atoms with Gasteiger partial charge in [-0.3, -0.25) is 9.59 Å². The van der Waals surface area contributed by atoms with Gasteiger partial charge in [-0.1, -0.05) is 12.1 Å². The fourth-order valence-electron chi connectivity index (χ4n) is 4.02. The van der Waals surface area contributed by atoms with E-state index in [1.165, 1.54) is 0 Å². The molecule has 0 amide bonds. The molecule has 2 aromatic carbocycles.